The first-order valence-electron chi connectivity index (χ1n) is 6.53. The van der Waals surface area contributed by atoms with Crippen LogP contribution in [0.3, 0.4) is 0 Å². The lowest BCUT2D eigenvalue weighted by Gasteiger charge is -2.13. The first kappa shape index (κ1) is 14.5. The van der Waals surface area contributed by atoms with E-state index in [0.717, 1.165) is 22.1 Å². The van der Waals surface area contributed by atoms with E-state index < -0.39 is 0 Å². The Morgan fingerprint density at radius 2 is 2.00 bits per heavy atom. The van der Waals surface area contributed by atoms with E-state index in [9.17, 15) is 4.79 Å². The first-order valence-corrected chi connectivity index (χ1v) is 7.41. The van der Waals surface area contributed by atoms with Crippen molar-refractivity contribution in [3.8, 4) is 0 Å². The molecule has 2 aromatic rings. The molecule has 0 aliphatic carbocycles. The highest BCUT2D eigenvalue weighted by Crippen LogP contribution is 2.16. The van der Waals surface area contributed by atoms with Crippen molar-refractivity contribution in [3.05, 3.63) is 40.3 Å². The largest absolute Gasteiger partial charge is 0.378 e. The third-order valence-corrected chi connectivity index (χ3v) is 3.93. The maximum Gasteiger partial charge on any atom is 0.224 e. The Kier molecular flexibility index (Phi) is 4.74. The highest BCUT2D eigenvalue weighted by Gasteiger charge is 2.05. The summed E-state index contributed by atoms with van der Waals surface area (Å²) in [4.78, 5) is 18.2. The molecule has 0 atom stereocenters. The van der Waals surface area contributed by atoms with Crippen LogP contribution < -0.4 is 10.2 Å². The van der Waals surface area contributed by atoms with Gasteiger partial charge in [0.25, 0.3) is 0 Å². The fourth-order valence-corrected chi connectivity index (χ4v) is 2.58. The second kappa shape index (κ2) is 6.52. The smallest absolute Gasteiger partial charge is 0.224 e. The number of carbonyl (C=O) groups is 1. The monoisotopic (exact) mass is 289 g/mol. The van der Waals surface area contributed by atoms with Crippen molar-refractivity contribution < 1.29 is 4.79 Å². The second-order valence-corrected chi connectivity index (χ2v) is 5.81. The summed E-state index contributed by atoms with van der Waals surface area (Å²) in [5.41, 5.74) is 2.96. The van der Waals surface area contributed by atoms with Gasteiger partial charge in [-0.05, 0) is 31.2 Å². The van der Waals surface area contributed by atoms with Crippen molar-refractivity contribution in [2.24, 2.45) is 0 Å². The molecule has 0 unspecified atom stereocenters. The van der Waals surface area contributed by atoms with Gasteiger partial charge in [-0.25, -0.2) is 4.98 Å². The highest BCUT2D eigenvalue weighted by atomic mass is 32.1. The maximum atomic E-state index is 11.9. The summed E-state index contributed by atoms with van der Waals surface area (Å²) in [7, 11) is 3.98. The molecular formula is C15H19N3OS. The number of amides is 1. The van der Waals surface area contributed by atoms with Crippen molar-refractivity contribution in [1.29, 1.82) is 0 Å². The second-order valence-electron chi connectivity index (χ2n) is 4.87. The number of thiazole rings is 1. The molecule has 4 nitrogen and oxygen atoms in total. The van der Waals surface area contributed by atoms with E-state index in [2.05, 4.69) is 10.3 Å². The number of nitrogens with zero attached hydrogens (tertiary/aromatic N) is 2. The first-order chi connectivity index (χ1) is 9.54. The van der Waals surface area contributed by atoms with Gasteiger partial charge in [-0.3, -0.25) is 4.79 Å². The van der Waals surface area contributed by atoms with Crippen LogP contribution in [-0.2, 0) is 11.2 Å². The summed E-state index contributed by atoms with van der Waals surface area (Å²) in [5.74, 6) is 0.0236. The maximum absolute atomic E-state index is 11.9. The summed E-state index contributed by atoms with van der Waals surface area (Å²) in [6, 6.07) is 7.81. The number of benzene rings is 1. The van der Waals surface area contributed by atoms with Gasteiger partial charge in [0.1, 0.15) is 0 Å². The zero-order valence-electron chi connectivity index (χ0n) is 12.0. The van der Waals surface area contributed by atoms with E-state index in [1.54, 1.807) is 11.3 Å². The standard InChI is InChI=1S/C15H19N3OS/c1-11-10-20-15(16-11)9-8-14(19)17-12-4-6-13(7-5-12)18(2)3/h4-7,10H,8-9H2,1-3H3,(H,17,19). The van der Waals surface area contributed by atoms with Crippen LogP contribution in [0.5, 0.6) is 0 Å². The average Bonchev–Trinajstić information content (AvgIpc) is 2.83. The molecule has 0 aliphatic heterocycles. The lowest BCUT2D eigenvalue weighted by atomic mass is 10.2. The Hall–Kier alpha value is -1.88. The molecule has 0 radical (unpaired) electrons. The molecule has 20 heavy (non-hydrogen) atoms. The Balaban J connectivity index is 1.84. The molecular weight excluding hydrogens is 270 g/mol. The molecule has 0 aliphatic rings. The minimum atomic E-state index is 0.0236. The van der Waals surface area contributed by atoms with Crippen molar-refractivity contribution in [3.63, 3.8) is 0 Å². The molecule has 2 rings (SSSR count). The molecule has 1 amide bonds. The van der Waals surface area contributed by atoms with Crippen LogP contribution in [0.25, 0.3) is 0 Å². The Labute approximate surface area is 123 Å². The van der Waals surface area contributed by atoms with Gasteiger partial charge in [0.2, 0.25) is 5.91 Å². The number of nitrogens with one attached hydrogen (secondary N) is 1. The number of rotatable bonds is 5. The van der Waals surface area contributed by atoms with Crippen LogP contribution >= 0.6 is 11.3 Å². The van der Waals surface area contributed by atoms with Crippen LogP contribution in [0.4, 0.5) is 11.4 Å². The number of anilines is 2. The minimum Gasteiger partial charge on any atom is -0.378 e. The molecule has 1 N–H and O–H groups in total. The number of hydrogen-bond acceptors (Lipinski definition) is 4. The van der Waals surface area contributed by atoms with Gasteiger partial charge in [-0.1, -0.05) is 0 Å². The van der Waals surface area contributed by atoms with Gasteiger partial charge >= 0.3 is 0 Å². The van der Waals surface area contributed by atoms with Crippen LogP contribution in [-0.4, -0.2) is 25.0 Å². The molecule has 0 bridgehead atoms. The topological polar surface area (TPSA) is 45.2 Å². The predicted molar refractivity (Wildman–Crippen MR) is 84.6 cm³/mol. The van der Waals surface area contributed by atoms with Gasteiger partial charge in [-0.15, -0.1) is 11.3 Å². The van der Waals surface area contributed by atoms with E-state index in [1.165, 1.54) is 0 Å². The number of aromatic nitrogens is 1. The molecule has 0 fully saturated rings. The Morgan fingerprint density at radius 3 is 2.55 bits per heavy atom. The van der Waals surface area contributed by atoms with Crippen molar-refractivity contribution in [1.82, 2.24) is 4.98 Å². The summed E-state index contributed by atoms with van der Waals surface area (Å²) >= 11 is 1.61. The van der Waals surface area contributed by atoms with E-state index in [0.29, 0.717) is 12.8 Å². The van der Waals surface area contributed by atoms with Gasteiger partial charge in [0.15, 0.2) is 0 Å². The quantitative estimate of drug-likeness (QED) is 0.920. The van der Waals surface area contributed by atoms with Gasteiger partial charge in [-0.2, -0.15) is 0 Å². The predicted octanol–water partition coefficient (Wildman–Crippen LogP) is 3.09. The van der Waals surface area contributed by atoms with E-state index >= 15 is 0 Å². The molecule has 0 saturated carbocycles. The third-order valence-electron chi connectivity index (χ3n) is 2.90. The molecule has 1 aromatic carbocycles. The molecule has 1 heterocycles. The minimum absolute atomic E-state index is 0.0236. The van der Waals surface area contributed by atoms with Crippen LogP contribution in [0, 0.1) is 6.92 Å². The highest BCUT2D eigenvalue weighted by molar-refractivity contribution is 7.09. The third kappa shape index (κ3) is 4.06. The van der Waals surface area contributed by atoms with Crippen molar-refractivity contribution in [2.75, 3.05) is 24.3 Å². The fourth-order valence-electron chi connectivity index (χ4n) is 1.80. The zero-order chi connectivity index (χ0) is 14.5. The number of hydrogen-bond donors (Lipinski definition) is 1. The van der Waals surface area contributed by atoms with Crippen molar-refractivity contribution in [2.45, 2.75) is 19.8 Å². The zero-order valence-corrected chi connectivity index (χ0v) is 12.8. The van der Waals surface area contributed by atoms with Gasteiger partial charge in [0, 0.05) is 49.4 Å². The molecule has 5 heteroatoms. The van der Waals surface area contributed by atoms with Gasteiger partial charge < -0.3 is 10.2 Å². The summed E-state index contributed by atoms with van der Waals surface area (Å²) in [5, 5.41) is 5.93. The Morgan fingerprint density at radius 1 is 1.30 bits per heavy atom. The van der Waals surface area contributed by atoms with E-state index in [-0.39, 0.29) is 5.91 Å². The molecule has 0 spiro atoms. The Bertz CT molecular complexity index is 575. The van der Waals surface area contributed by atoms with Crippen LogP contribution in [0.1, 0.15) is 17.1 Å². The van der Waals surface area contributed by atoms with E-state index in [4.69, 9.17) is 0 Å². The van der Waals surface area contributed by atoms with E-state index in [1.807, 2.05) is 55.6 Å². The lowest BCUT2D eigenvalue weighted by Crippen LogP contribution is -2.13. The number of carbonyl (C=O) groups excluding carboxylic acids is 1. The normalized spacial score (nSPS) is 10.3. The molecule has 1 aromatic heterocycles. The summed E-state index contributed by atoms with van der Waals surface area (Å²) in [6.45, 7) is 1.96. The van der Waals surface area contributed by atoms with Crippen LogP contribution in [0.2, 0.25) is 0 Å². The fraction of sp³-hybridized carbons (Fsp3) is 0.333. The lowest BCUT2D eigenvalue weighted by molar-refractivity contribution is -0.116. The number of aryl methyl sites for hydroxylation is 2. The summed E-state index contributed by atoms with van der Waals surface area (Å²) < 4.78 is 0. The summed E-state index contributed by atoms with van der Waals surface area (Å²) in [6.07, 6.45) is 1.16. The molecule has 0 saturated heterocycles. The van der Waals surface area contributed by atoms with Crippen molar-refractivity contribution >= 4 is 28.6 Å². The van der Waals surface area contributed by atoms with Gasteiger partial charge in [0.05, 0.1) is 5.01 Å². The SMILES string of the molecule is Cc1csc(CCC(=O)Nc2ccc(N(C)C)cc2)n1. The average molecular weight is 289 g/mol. The van der Waals surface area contributed by atoms with Crippen LogP contribution in [0.15, 0.2) is 29.6 Å². The molecule has 106 valence electrons.